The molecule has 27 heavy (non-hydrogen) atoms. The molecule has 1 N–H and O–H groups in total. The maximum atomic E-state index is 12.5. The minimum Gasteiger partial charge on any atom is -0.469 e. The highest BCUT2D eigenvalue weighted by molar-refractivity contribution is 6.06. The molecule has 2 fully saturated rings. The molecule has 1 aromatic carbocycles. The molecule has 3 rings (SSSR count). The fourth-order valence-electron chi connectivity index (χ4n) is 3.48. The molecule has 2 aliphatic heterocycles. The molecule has 1 atom stereocenters. The van der Waals surface area contributed by atoms with E-state index in [1.165, 1.54) is 7.11 Å². The Kier molecular flexibility index (Phi) is 5.73. The SMILES string of the molecule is COC(=O)C1CCN(C(=O)CN2C(=O)NC(Cc3ccccc3)C2=O)CC1. The second kappa shape index (κ2) is 8.20. The third-order valence-corrected chi connectivity index (χ3v) is 5.07. The highest BCUT2D eigenvalue weighted by Gasteiger charge is 2.40. The number of hydrogen-bond acceptors (Lipinski definition) is 5. The van der Waals surface area contributed by atoms with Crippen LogP contribution in [0.1, 0.15) is 18.4 Å². The number of urea groups is 1. The Morgan fingerprint density at radius 3 is 2.44 bits per heavy atom. The summed E-state index contributed by atoms with van der Waals surface area (Å²) in [5.41, 5.74) is 0.939. The summed E-state index contributed by atoms with van der Waals surface area (Å²) in [5, 5.41) is 2.65. The summed E-state index contributed by atoms with van der Waals surface area (Å²) in [5.74, 6) is -1.14. The van der Waals surface area contributed by atoms with Crippen LogP contribution in [-0.4, -0.2) is 66.4 Å². The number of ether oxygens (including phenoxy) is 1. The molecule has 0 spiro atoms. The number of rotatable bonds is 5. The van der Waals surface area contributed by atoms with E-state index in [1.54, 1.807) is 4.90 Å². The number of hydrogen-bond donors (Lipinski definition) is 1. The van der Waals surface area contributed by atoms with Gasteiger partial charge in [0.15, 0.2) is 0 Å². The second-order valence-corrected chi connectivity index (χ2v) is 6.79. The van der Waals surface area contributed by atoms with Crippen molar-refractivity contribution < 1.29 is 23.9 Å². The van der Waals surface area contributed by atoms with Gasteiger partial charge in [0, 0.05) is 19.5 Å². The molecule has 0 aromatic heterocycles. The van der Waals surface area contributed by atoms with Gasteiger partial charge in [-0.3, -0.25) is 19.3 Å². The Hall–Kier alpha value is -2.90. The highest BCUT2D eigenvalue weighted by atomic mass is 16.5. The quantitative estimate of drug-likeness (QED) is 0.601. The van der Waals surface area contributed by atoms with Crippen molar-refractivity contribution in [1.29, 1.82) is 0 Å². The van der Waals surface area contributed by atoms with Gasteiger partial charge < -0.3 is 15.0 Å². The van der Waals surface area contributed by atoms with Gasteiger partial charge >= 0.3 is 12.0 Å². The molecule has 2 aliphatic rings. The van der Waals surface area contributed by atoms with Crippen LogP contribution in [0, 0.1) is 5.92 Å². The first kappa shape index (κ1) is 18.9. The second-order valence-electron chi connectivity index (χ2n) is 6.79. The molecule has 8 nitrogen and oxygen atoms in total. The number of benzene rings is 1. The molecular weight excluding hydrogens is 350 g/mol. The van der Waals surface area contributed by atoms with Crippen LogP contribution in [0.5, 0.6) is 0 Å². The van der Waals surface area contributed by atoms with Gasteiger partial charge in [-0.05, 0) is 18.4 Å². The van der Waals surface area contributed by atoms with Crippen LogP contribution in [0.4, 0.5) is 4.79 Å². The average molecular weight is 373 g/mol. The van der Waals surface area contributed by atoms with Crippen LogP contribution in [0.2, 0.25) is 0 Å². The molecule has 2 heterocycles. The van der Waals surface area contributed by atoms with Gasteiger partial charge in [-0.25, -0.2) is 4.79 Å². The average Bonchev–Trinajstić information content (AvgIpc) is 2.95. The topological polar surface area (TPSA) is 96.0 Å². The minimum absolute atomic E-state index is 0.203. The molecule has 8 heteroatoms. The smallest absolute Gasteiger partial charge is 0.325 e. The number of nitrogens with zero attached hydrogens (tertiary/aromatic N) is 2. The number of likely N-dealkylation sites (tertiary alicyclic amines) is 1. The standard InChI is InChI=1S/C19H23N3O5/c1-27-18(25)14-7-9-21(10-8-14)16(23)12-22-17(24)15(20-19(22)26)11-13-5-3-2-4-6-13/h2-6,14-15H,7-12H2,1H3,(H,20,26). The van der Waals surface area contributed by atoms with E-state index in [4.69, 9.17) is 4.74 Å². The van der Waals surface area contributed by atoms with Crippen molar-refractivity contribution in [3.05, 3.63) is 35.9 Å². The van der Waals surface area contributed by atoms with E-state index >= 15 is 0 Å². The maximum Gasteiger partial charge on any atom is 0.325 e. The first-order valence-electron chi connectivity index (χ1n) is 9.01. The Morgan fingerprint density at radius 2 is 1.81 bits per heavy atom. The van der Waals surface area contributed by atoms with Gasteiger partial charge in [-0.1, -0.05) is 30.3 Å². The molecule has 1 unspecified atom stereocenters. The molecule has 0 radical (unpaired) electrons. The predicted molar refractivity (Wildman–Crippen MR) is 95.5 cm³/mol. The third kappa shape index (κ3) is 4.27. The van der Waals surface area contributed by atoms with Crippen LogP contribution in [0.15, 0.2) is 30.3 Å². The summed E-state index contributed by atoms with van der Waals surface area (Å²) < 4.78 is 4.73. The van der Waals surface area contributed by atoms with Crippen molar-refractivity contribution in [1.82, 2.24) is 15.1 Å². The fourth-order valence-corrected chi connectivity index (χ4v) is 3.48. The van der Waals surface area contributed by atoms with E-state index in [-0.39, 0.29) is 30.2 Å². The van der Waals surface area contributed by atoms with Gasteiger partial charge in [-0.15, -0.1) is 0 Å². The van der Waals surface area contributed by atoms with Crippen molar-refractivity contribution in [2.45, 2.75) is 25.3 Å². The number of carbonyl (C=O) groups is 4. The zero-order valence-electron chi connectivity index (χ0n) is 15.2. The number of carbonyl (C=O) groups excluding carboxylic acids is 4. The van der Waals surface area contributed by atoms with Crippen LogP contribution >= 0.6 is 0 Å². The third-order valence-electron chi connectivity index (χ3n) is 5.07. The summed E-state index contributed by atoms with van der Waals surface area (Å²) >= 11 is 0. The van der Waals surface area contributed by atoms with Crippen LogP contribution < -0.4 is 5.32 Å². The number of methoxy groups -OCH3 is 1. The summed E-state index contributed by atoms with van der Waals surface area (Å²) in [6.07, 6.45) is 1.44. The van der Waals surface area contributed by atoms with Gasteiger partial charge in [0.1, 0.15) is 12.6 Å². The van der Waals surface area contributed by atoms with Crippen molar-refractivity contribution in [3.63, 3.8) is 0 Å². The molecule has 0 saturated carbocycles. The lowest BCUT2D eigenvalue weighted by molar-refractivity contribution is -0.149. The Bertz CT molecular complexity index is 728. The first-order valence-corrected chi connectivity index (χ1v) is 9.01. The zero-order chi connectivity index (χ0) is 19.4. The van der Waals surface area contributed by atoms with Gasteiger partial charge in [0.05, 0.1) is 13.0 Å². The van der Waals surface area contributed by atoms with Crippen LogP contribution in [-0.2, 0) is 25.5 Å². The minimum atomic E-state index is -0.655. The molecule has 2 saturated heterocycles. The van der Waals surface area contributed by atoms with E-state index in [2.05, 4.69) is 5.32 Å². The number of imide groups is 1. The van der Waals surface area contributed by atoms with E-state index in [0.717, 1.165) is 10.5 Å². The Labute approximate surface area is 157 Å². The Morgan fingerprint density at radius 1 is 1.15 bits per heavy atom. The van der Waals surface area contributed by atoms with Crippen molar-refractivity contribution in [2.24, 2.45) is 5.92 Å². The van der Waals surface area contributed by atoms with Crippen molar-refractivity contribution in [3.8, 4) is 0 Å². The van der Waals surface area contributed by atoms with Crippen molar-refractivity contribution >= 4 is 23.8 Å². The Balaban J connectivity index is 1.54. The monoisotopic (exact) mass is 373 g/mol. The fraction of sp³-hybridized carbons (Fsp3) is 0.474. The molecule has 1 aromatic rings. The largest absolute Gasteiger partial charge is 0.469 e. The van der Waals surface area contributed by atoms with Crippen molar-refractivity contribution in [2.75, 3.05) is 26.7 Å². The predicted octanol–water partition coefficient (Wildman–Crippen LogP) is 0.561. The summed E-state index contributed by atoms with van der Waals surface area (Å²) in [6, 6.07) is 8.20. The van der Waals surface area contributed by atoms with Gasteiger partial charge in [0.25, 0.3) is 5.91 Å². The van der Waals surface area contributed by atoms with E-state index in [1.807, 2.05) is 30.3 Å². The first-order chi connectivity index (χ1) is 13.0. The molecule has 0 aliphatic carbocycles. The van der Waals surface area contributed by atoms with Crippen LogP contribution in [0.3, 0.4) is 0 Å². The van der Waals surface area contributed by atoms with Gasteiger partial charge in [0.2, 0.25) is 5.91 Å². The van der Waals surface area contributed by atoms with Gasteiger partial charge in [-0.2, -0.15) is 0 Å². The number of piperidine rings is 1. The van der Waals surface area contributed by atoms with E-state index in [9.17, 15) is 19.2 Å². The lowest BCUT2D eigenvalue weighted by atomic mass is 9.97. The molecular formula is C19H23N3O5. The number of esters is 1. The van der Waals surface area contributed by atoms with E-state index < -0.39 is 12.1 Å². The number of nitrogens with one attached hydrogen (secondary N) is 1. The van der Waals surface area contributed by atoms with E-state index in [0.29, 0.717) is 32.4 Å². The lowest BCUT2D eigenvalue weighted by Gasteiger charge is -2.31. The summed E-state index contributed by atoms with van der Waals surface area (Å²) in [4.78, 5) is 51.3. The normalized spacial score (nSPS) is 20.6. The van der Waals surface area contributed by atoms with Crippen LogP contribution in [0.25, 0.3) is 0 Å². The zero-order valence-corrected chi connectivity index (χ0v) is 15.2. The molecule has 0 bridgehead atoms. The lowest BCUT2D eigenvalue weighted by Crippen LogP contribution is -2.47. The molecule has 144 valence electrons. The number of amides is 4. The summed E-state index contributed by atoms with van der Waals surface area (Å²) in [7, 11) is 1.35. The summed E-state index contributed by atoms with van der Waals surface area (Å²) in [6.45, 7) is 0.546. The maximum absolute atomic E-state index is 12.5. The highest BCUT2D eigenvalue weighted by Crippen LogP contribution is 2.19. The molecule has 4 amide bonds.